The molecule has 0 N–H and O–H groups in total. The zero-order valence-electron chi connectivity index (χ0n) is 14.2. The van der Waals surface area contributed by atoms with Gasteiger partial charge in [-0.15, -0.1) is 0 Å². The van der Waals surface area contributed by atoms with Crippen LogP contribution >= 0.6 is 0 Å². The standard InChI is InChI=1S/C12H13FN2O.C6H10N2O/c13-11-4-2-1-3-10(11)12(9-14)15-5-7-16-8-6-15;7-1-2-8-3-5-9-6-4-8/h1-4,12H,5-8H2;2-6H2. The van der Waals surface area contributed by atoms with Crippen molar-refractivity contribution >= 4 is 0 Å². The van der Waals surface area contributed by atoms with E-state index in [1.165, 1.54) is 6.07 Å². The molecule has 25 heavy (non-hydrogen) atoms. The van der Waals surface area contributed by atoms with E-state index < -0.39 is 6.04 Å². The molecule has 0 aromatic heterocycles. The van der Waals surface area contributed by atoms with Crippen molar-refractivity contribution in [1.82, 2.24) is 9.80 Å². The van der Waals surface area contributed by atoms with Crippen molar-refractivity contribution < 1.29 is 13.9 Å². The lowest BCUT2D eigenvalue weighted by Gasteiger charge is -2.30. The Morgan fingerprint density at radius 1 is 1.00 bits per heavy atom. The third-order valence-electron chi connectivity index (χ3n) is 4.13. The van der Waals surface area contributed by atoms with Crippen molar-refractivity contribution in [3.8, 4) is 12.1 Å². The first kappa shape index (κ1) is 19.3. The highest BCUT2D eigenvalue weighted by molar-refractivity contribution is 5.26. The molecule has 6 nitrogen and oxygen atoms in total. The number of benzene rings is 1. The summed E-state index contributed by atoms with van der Waals surface area (Å²) >= 11 is 0. The van der Waals surface area contributed by atoms with Crippen LogP contribution in [0, 0.1) is 28.5 Å². The lowest BCUT2D eigenvalue weighted by atomic mass is 10.1. The number of rotatable bonds is 3. The Labute approximate surface area is 148 Å². The van der Waals surface area contributed by atoms with Crippen molar-refractivity contribution in [3.05, 3.63) is 35.6 Å². The number of halogens is 1. The molecule has 0 radical (unpaired) electrons. The Morgan fingerprint density at radius 3 is 2.16 bits per heavy atom. The van der Waals surface area contributed by atoms with Gasteiger partial charge in [0.05, 0.1) is 45.1 Å². The van der Waals surface area contributed by atoms with Crippen LogP contribution in [-0.2, 0) is 9.47 Å². The topological polar surface area (TPSA) is 72.5 Å². The second kappa shape index (κ2) is 10.8. The normalized spacial score (nSPS) is 19.8. The summed E-state index contributed by atoms with van der Waals surface area (Å²) in [7, 11) is 0. The Morgan fingerprint density at radius 2 is 1.60 bits per heavy atom. The zero-order valence-corrected chi connectivity index (χ0v) is 14.2. The fourth-order valence-electron chi connectivity index (χ4n) is 2.74. The highest BCUT2D eigenvalue weighted by atomic mass is 19.1. The van der Waals surface area contributed by atoms with Crippen LogP contribution < -0.4 is 0 Å². The summed E-state index contributed by atoms with van der Waals surface area (Å²) < 4.78 is 23.9. The predicted molar refractivity (Wildman–Crippen MR) is 90.0 cm³/mol. The van der Waals surface area contributed by atoms with E-state index in [1.807, 2.05) is 4.90 Å². The minimum absolute atomic E-state index is 0.319. The van der Waals surface area contributed by atoms with Gasteiger partial charge in [0.15, 0.2) is 0 Å². The van der Waals surface area contributed by atoms with E-state index in [1.54, 1.807) is 18.2 Å². The van der Waals surface area contributed by atoms with Crippen LogP contribution in [0.25, 0.3) is 0 Å². The van der Waals surface area contributed by atoms with E-state index in [2.05, 4.69) is 17.0 Å². The third kappa shape index (κ3) is 6.08. The van der Waals surface area contributed by atoms with Crippen molar-refractivity contribution in [2.45, 2.75) is 6.04 Å². The van der Waals surface area contributed by atoms with Crippen molar-refractivity contribution in [1.29, 1.82) is 10.5 Å². The van der Waals surface area contributed by atoms with Crippen LogP contribution in [0.3, 0.4) is 0 Å². The van der Waals surface area contributed by atoms with Crippen molar-refractivity contribution in [2.24, 2.45) is 0 Å². The van der Waals surface area contributed by atoms with E-state index in [-0.39, 0.29) is 5.82 Å². The average molecular weight is 346 g/mol. The summed E-state index contributed by atoms with van der Waals surface area (Å²) in [6.07, 6.45) is 0. The molecule has 134 valence electrons. The van der Waals surface area contributed by atoms with E-state index in [9.17, 15) is 4.39 Å². The molecule has 1 unspecified atom stereocenters. The van der Waals surface area contributed by atoms with E-state index in [0.29, 0.717) is 38.4 Å². The summed E-state index contributed by atoms with van der Waals surface area (Å²) in [6, 6.07) is 10.2. The Hall–Kier alpha value is -2.03. The van der Waals surface area contributed by atoms with Crippen LogP contribution in [0.1, 0.15) is 11.6 Å². The molecule has 3 rings (SSSR count). The average Bonchev–Trinajstić information content (AvgIpc) is 2.66. The van der Waals surface area contributed by atoms with Crippen LogP contribution in [0.15, 0.2) is 24.3 Å². The van der Waals surface area contributed by atoms with E-state index >= 15 is 0 Å². The Kier molecular flexibility index (Phi) is 8.30. The maximum atomic E-state index is 13.6. The molecule has 1 aromatic carbocycles. The summed E-state index contributed by atoms with van der Waals surface area (Å²) in [5.41, 5.74) is 0.451. The molecule has 0 bridgehead atoms. The monoisotopic (exact) mass is 346 g/mol. The van der Waals surface area contributed by atoms with Gasteiger partial charge < -0.3 is 9.47 Å². The molecule has 2 aliphatic rings. The maximum absolute atomic E-state index is 13.6. The number of ether oxygens (including phenoxy) is 2. The first-order chi connectivity index (χ1) is 12.3. The number of hydrogen-bond donors (Lipinski definition) is 0. The first-order valence-electron chi connectivity index (χ1n) is 8.39. The second-order valence-electron chi connectivity index (χ2n) is 5.75. The van der Waals surface area contributed by atoms with Crippen LogP contribution in [0.2, 0.25) is 0 Å². The van der Waals surface area contributed by atoms with Crippen LogP contribution in [-0.4, -0.2) is 69.0 Å². The fraction of sp³-hybridized carbons (Fsp3) is 0.556. The van der Waals surface area contributed by atoms with Gasteiger partial charge in [-0.2, -0.15) is 10.5 Å². The Balaban J connectivity index is 0.000000212. The minimum Gasteiger partial charge on any atom is -0.379 e. The summed E-state index contributed by atoms with van der Waals surface area (Å²) in [5.74, 6) is -0.319. The highest BCUT2D eigenvalue weighted by Gasteiger charge is 2.24. The van der Waals surface area contributed by atoms with E-state index in [4.69, 9.17) is 20.0 Å². The third-order valence-corrected chi connectivity index (χ3v) is 4.13. The molecule has 7 heteroatoms. The lowest BCUT2D eigenvalue weighted by molar-refractivity contribution is 0.0261. The fourth-order valence-corrected chi connectivity index (χ4v) is 2.74. The van der Waals surface area contributed by atoms with Crippen molar-refractivity contribution in [3.63, 3.8) is 0 Å². The highest BCUT2D eigenvalue weighted by Crippen LogP contribution is 2.23. The van der Waals surface area contributed by atoms with Gasteiger partial charge in [0.1, 0.15) is 11.9 Å². The molecule has 0 spiro atoms. The first-order valence-corrected chi connectivity index (χ1v) is 8.39. The molecular weight excluding hydrogens is 323 g/mol. The predicted octanol–water partition coefficient (Wildman–Crippen LogP) is 1.56. The summed E-state index contributed by atoms with van der Waals surface area (Å²) in [5, 5.41) is 17.4. The van der Waals surface area contributed by atoms with E-state index in [0.717, 1.165) is 26.3 Å². The van der Waals surface area contributed by atoms with Crippen molar-refractivity contribution in [2.75, 3.05) is 59.2 Å². The molecule has 2 heterocycles. The van der Waals surface area contributed by atoms with Gasteiger partial charge in [0, 0.05) is 31.7 Å². The zero-order chi connectivity index (χ0) is 17.9. The maximum Gasteiger partial charge on any atom is 0.129 e. The smallest absolute Gasteiger partial charge is 0.129 e. The summed E-state index contributed by atoms with van der Waals surface area (Å²) in [4.78, 5) is 4.03. The molecule has 0 aliphatic carbocycles. The van der Waals surface area contributed by atoms with Crippen LogP contribution in [0.5, 0.6) is 0 Å². The quantitative estimate of drug-likeness (QED) is 0.774. The molecule has 1 aromatic rings. The Bertz CT molecular complexity index is 602. The molecular formula is C18H23FN4O2. The number of nitriles is 2. The van der Waals surface area contributed by atoms with Gasteiger partial charge in [-0.05, 0) is 6.07 Å². The molecule has 2 saturated heterocycles. The molecule has 2 aliphatic heterocycles. The number of hydrogen-bond acceptors (Lipinski definition) is 6. The number of morpholine rings is 2. The SMILES string of the molecule is N#CC(c1ccccc1F)N1CCOCC1.N#CCN1CCOCC1. The number of nitrogens with zero attached hydrogens (tertiary/aromatic N) is 4. The lowest BCUT2D eigenvalue weighted by Crippen LogP contribution is -2.38. The van der Waals surface area contributed by atoms with Gasteiger partial charge in [-0.25, -0.2) is 4.39 Å². The molecule has 0 amide bonds. The largest absolute Gasteiger partial charge is 0.379 e. The van der Waals surface area contributed by atoms with Gasteiger partial charge in [0.25, 0.3) is 0 Å². The van der Waals surface area contributed by atoms with Crippen LogP contribution in [0.4, 0.5) is 4.39 Å². The second-order valence-corrected chi connectivity index (χ2v) is 5.75. The van der Waals surface area contributed by atoms with Gasteiger partial charge in [-0.3, -0.25) is 9.80 Å². The minimum atomic E-state index is -0.509. The van der Waals surface area contributed by atoms with Gasteiger partial charge >= 0.3 is 0 Å². The molecule has 2 fully saturated rings. The molecule has 1 atom stereocenters. The summed E-state index contributed by atoms with van der Waals surface area (Å²) in [6.45, 7) is 6.48. The molecule has 0 saturated carbocycles. The van der Waals surface area contributed by atoms with Gasteiger partial charge in [0.2, 0.25) is 0 Å². The van der Waals surface area contributed by atoms with Gasteiger partial charge in [-0.1, -0.05) is 18.2 Å².